The Bertz CT molecular complexity index is 1150. The van der Waals surface area contributed by atoms with Gasteiger partial charge in [-0.25, -0.2) is 0 Å². The van der Waals surface area contributed by atoms with Gasteiger partial charge in [0.2, 0.25) is 0 Å². The lowest BCUT2D eigenvalue weighted by Gasteiger charge is -2.30. The van der Waals surface area contributed by atoms with E-state index in [1.807, 2.05) is 30.3 Å². The summed E-state index contributed by atoms with van der Waals surface area (Å²) in [4.78, 5) is 2.44. The summed E-state index contributed by atoms with van der Waals surface area (Å²) in [5, 5.41) is 1.50. The average Bonchev–Trinajstić information content (AvgIpc) is 3.14. The molecular formula is C25H21Cl3N2. The SMILES string of the molecule is Cl.Clc1ccc(-c2cc3c(n2-c2ccccc2Cl)CCN(c2ccccc2)C3)cc1. The number of para-hydroxylation sites is 2. The normalized spacial score (nSPS) is 12.9. The van der Waals surface area contributed by atoms with E-state index in [9.17, 15) is 0 Å². The van der Waals surface area contributed by atoms with Crippen molar-refractivity contribution in [1.29, 1.82) is 0 Å². The van der Waals surface area contributed by atoms with E-state index in [-0.39, 0.29) is 12.4 Å². The molecule has 0 unspecified atom stereocenters. The van der Waals surface area contributed by atoms with Crippen molar-refractivity contribution in [3.63, 3.8) is 0 Å². The topological polar surface area (TPSA) is 8.17 Å². The average molecular weight is 456 g/mol. The highest BCUT2D eigenvalue weighted by Crippen LogP contribution is 2.36. The van der Waals surface area contributed by atoms with Crippen LogP contribution in [0.2, 0.25) is 10.0 Å². The Hall–Kier alpha value is -2.39. The number of hydrogen-bond donors (Lipinski definition) is 0. The molecule has 152 valence electrons. The van der Waals surface area contributed by atoms with E-state index >= 15 is 0 Å². The first-order valence-corrected chi connectivity index (χ1v) is 10.5. The lowest BCUT2D eigenvalue weighted by atomic mass is 10.1. The Balaban J connectivity index is 0.00000218. The Labute approximate surface area is 193 Å². The highest BCUT2D eigenvalue weighted by atomic mass is 35.5. The zero-order chi connectivity index (χ0) is 19.8. The second kappa shape index (κ2) is 8.77. The molecule has 4 aromatic rings. The number of anilines is 1. The van der Waals surface area contributed by atoms with Gasteiger partial charge in [-0.05, 0) is 53.6 Å². The maximum Gasteiger partial charge on any atom is 0.0646 e. The van der Waals surface area contributed by atoms with Crippen LogP contribution in [0.15, 0.2) is 84.9 Å². The molecular weight excluding hydrogens is 435 g/mol. The molecule has 2 nitrogen and oxygen atoms in total. The zero-order valence-corrected chi connectivity index (χ0v) is 18.6. The summed E-state index contributed by atoms with van der Waals surface area (Å²) in [6, 6.07) is 29.0. The molecule has 1 aliphatic rings. The molecule has 0 aliphatic carbocycles. The van der Waals surface area contributed by atoms with Gasteiger partial charge in [0, 0.05) is 35.9 Å². The van der Waals surface area contributed by atoms with Crippen LogP contribution >= 0.6 is 35.6 Å². The highest BCUT2D eigenvalue weighted by Gasteiger charge is 2.24. The fourth-order valence-corrected chi connectivity index (χ4v) is 4.48. The summed E-state index contributed by atoms with van der Waals surface area (Å²) < 4.78 is 2.32. The van der Waals surface area contributed by atoms with Gasteiger partial charge in [-0.1, -0.05) is 65.7 Å². The van der Waals surface area contributed by atoms with Crippen LogP contribution in [0.4, 0.5) is 5.69 Å². The minimum atomic E-state index is 0. The molecule has 0 radical (unpaired) electrons. The Morgan fingerprint density at radius 2 is 1.47 bits per heavy atom. The fourth-order valence-electron chi connectivity index (χ4n) is 4.14. The van der Waals surface area contributed by atoms with Crippen molar-refractivity contribution in [2.24, 2.45) is 0 Å². The summed E-state index contributed by atoms with van der Waals surface area (Å²) in [7, 11) is 0. The largest absolute Gasteiger partial charge is 0.367 e. The number of benzene rings is 3. The van der Waals surface area contributed by atoms with Crippen molar-refractivity contribution >= 4 is 41.3 Å². The van der Waals surface area contributed by atoms with E-state index in [0.29, 0.717) is 0 Å². The molecule has 2 heterocycles. The first kappa shape index (κ1) is 20.9. The number of aromatic nitrogens is 1. The van der Waals surface area contributed by atoms with E-state index in [1.54, 1.807) is 0 Å². The van der Waals surface area contributed by atoms with E-state index in [2.05, 4.69) is 64.1 Å². The summed E-state index contributed by atoms with van der Waals surface area (Å²) >= 11 is 12.7. The number of nitrogens with zero attached hydrogens (tertiary/aromatic N) is 2. The van der Waals surface area contributed by atoms with Crippen molar-refractivity contribution in [3.05, 3.63) is 106 Å². The molecule has 0 spiro atoms. The summed E-state index contributed by atoms with van der Waals surface area (Å²) in [6.07, 6.45) is 0.961. The van der Waals surface area contributed by atoms with Gasteiger partial charge in [-0.3, -0.25) is 0 Å². The van der Waals surface area contributed by atoms with Gasteiger partial charge in [0.25, 0.3) is 0 Å². The van der Waals surface area contributed by atoms with Crippen molar-refractivity contribution in [2.75, 3.05) is 11.4 Å². The molecule has 0 bridgehead atoms. The second-order valence-corrected chi connectivity index (χ2v) is 8.15. The molecule has 5 rings (SSSR count). The van der Waals surface area contributed by atoms with Crippen molar-refractivity contribution < 1.29 is 0 Å². The van der Waals surface area contributed by atoms with Crippen LogP contribution in [0, 0.1) is 0 Å². The number of halogens is 3. The highest BCUT2D eigenvalue weighted by molar-refractivity contribution is 6.32. The minimum Gasteiger partial charge on any atom is -0.367 e. The van der Waals surface area contributed by atoms with Gasteiger partial charge < -0.3 is 9.47 Å². The van der Waals surface area contributed by atoms with Crippen molar-refractivity contribution in [3.8, 4) is 16.9 Å². The van der Waals surface area contributed by atoms with E-state index in [1.165, 1.54) is 16.9 Å². The first-order chi connectivity index (χ1) is 14.2. The molecule has 5 heteroatoms. The molecule has 0 amide bonds. The molecule has 0 N–H and O–H groups in total. The van der Waals surface area contributed by atoms with Crippen LogP contribution in [-0.4, -0.2) is 11.1 Å². The van der Waals surface area contributed by atoms with Crippen LogP contribution in [0.5, 0.6) is 0 Å². The fraction of sp³-hybridized carbons (Fsp3) is 0.120. The van der Waals surface area contributed by atoms with Crippen LogP contribution in [0.25, 0.3) is 16.9 Å². The first-order valence-electron chi connectivity index (χ1n) is 9.75. The maximum atomic E-state index is 6.62. The molecule has 3 aromatic carbocycles. The molecule has 0 saturated carbocycles. The van der Waals surface area contributed by atoms with Crippen LogP contribution in [-0.2, 0) is 13.0 Å². The molecule has 0 fully saturated rings. The monoisotopic (exact) mass is 454 g/mol. The van der Waals surface area contributed by atoms with Gasteiger partial charge in [-0.15, -0.1) is 12.4 Å². The molecule has 0 atom stereocenters. The molecule has 1 aliphatic heterocycles. The van der Waals surface area contributed by atoms with Crippen LogP contribution in [0.1, 0.15) is 11.3 Å². The van der Waals surface area contributed by atoms with Gasteiger partial charge in [0.15, 0.2) is 0 Å². The van der Waals surface area contributed by atoms with Crippen LogP contribution < -0.4 is 4.90 Å². The third-order valence-electron chi connectivity index (χ3n) is 5.53. The quantitative estimate of drug-likeness (QED) is 0.312. The smallest absolute Gasteiger partial charge is 0.0646 e. The molecule has 0 saturated heterocycles. The third kappa shape index (κ3) is 3.83. The Kier molecular flexibility index (Phi) is 6.10. The lowest BCUT2D eigenvalue weighted by molar-refractivity contribution is 0.707. The molecule has 1 aromatic heterocycles. The number of hydrogen-bond acceptors (Lipinski definition) is 1. The minimum absolute atomic E-state index is 0. The van der Waals surface area contributed by atoms with Gasteiger partial charge in [-0.2, -0.15) is 0 Å². The second-order valence-electron chi connectivity index (χ2n) is 7.30. The van der Waals surface area contributed by atoms with Gasteiger partial charge in [0.05, 0.1) is 16.4 Å². The lowest BCUT2D eigenvalue weighted by Crippen LogP contribution is -2.30. The zero-order valence-electron chi connectivity index (χ0n) is 16.3. The number of rotatable bonds is 3. The predicted octanol–water partition coefficient (Wildman–Crippen LogP) is 7.44. The maximum absolute atomic E-state index is 6.62. The van der Waals surface area contributed by atoms with Crippen molar-refractivity contribution in [1.82, 2.24) is 4.57 Å². The summed E-state index contributed by atoms with van der Waals surface area (Å²) in [5.41, 5.74) is 7.23. The third-order valence-corrected chi connectivity index (χ3v) is 6.10. The van der Waals surface area contributed by atoms with Crippen LogP contribution in [0.3, 0.4) is 0 Å². The van der Waals surface area contributed by atoms with E-state index in [4.69, 9.17) is 23.2 Å². The van der Waals surface area contributed by atoms with Crippen molar-refractivity contribution in [2.45, 2.75) is 13.0 Å². The molecule has 30 heavy (non-hydrogen) atoms. The van der Waals surface area contributed by atoms with Gasteiger partial charge in [0.1, 0.15) is 0 Å². The summed E-state index contributed by atoms with van der Waals surface area (Å²) in [5.74, 6) is 0. The number of fused-ring (bicyclic) bond motifs is 1. The summed E-state index contributed by atoms with van der Waals surface area (Å²) in [6.45, 7) is 1.86. The predicted molar refractivity (Wildman–Crippen MR) is 130 cm³/mol. The van der Waals surface area contributed by atoms with E-state index < -0.39 is 0 Å². The Morgan fingerprint density at radius 3 is 2.20 bits per heavy atom. The Morgan fingerprint density at radius 1 is 0.767 bits per heavy atom. The van der Waals surface area contributed by atoms with E-state index in [0.717, 1.165) is 46.5 Å². The standard InChI is InChI=1S/C25H20Cl2N2.ClH/c26-20-12-10-18(11-13-20)25-16-19-17-28(21-6-2-1-3-7-21)15-14-23(19)29(25)24-9-5-4-8-22(24)27;/h1-13,16H,14-15,17H2;1H. The van der Waals surface area contributed by atoms with Gasteiger partial charge >= 0.3 is 0 Å².